The molecule has 10 heteroatoms. The van der Waals surface area contributed by atoms with Gasteiger partial charge in [0, 0.05) is 46.7 Å². The maximum absolute atomic E-state index is 12.9. The van der Waals surface area contributed by atoms with E-state index in [4.69, 9.17) is 4.74 Å². The van der Waals surface area contributed by atoms with E-state index < -0.39 is 15.9 Å². The Labute approximate surface area is 188 Å². The lowest BCUT2D eigenvalue weighted by atomic mass is 10.1. The normalized spacial score (nSPS) is 15.1. The average Bonchev–Trinajstić information content (AvgIpc) is 3.46. The van der Waals surface area contributed by atoms with E-state index >= 15 is 0 Å². The van der Waals surface area contributed by atoms with Crippen molar-refractivity contribution in [2.24, 2.45) is 0 Å². The number of thiazole rings is 1. The van der Waals surface area contributed by atoms with Crippen molar-refractivity contribution in [3.63, 3.8) is 0 Å². The summed E-state index contributed by atoms with van der Waals surface area (Å²) in [5.41, 5.74) is 2.98. The first-order valence-electron chi connectivity index (χ1n) is 10.0. The lowest BCUT2D eigenvalue weighted by Gasteiger charge is -2.26. The summed E-state index contributed by atoms with van der Waals surface area (Å²) in [7, 11) is -3.68. The van der Waals surface area contributed by atoms with Gasteiger partial charge in [-0.05, 0) is 24.3 Å². The summed E-state index contributed by atoms with van der Waals surface area (Å²) in [5.74, 6) is -0.413. The summed E-state index contributed by atoms with van der Waals surface area (Å²) in [6.45, 7) is 1.33. The number of hydrogen-bond acceptors (Lipinski definition) is 6. The van der Waals surface area contributed by atoms with Crippen molar-refractivity contribution in [2.75, 3.05) is 31.6 Å². The molecule has 1 aliphatic rings. The second-order valence-electron chi connectivity index (χ2n) is 7.28. The van der Waals surface area contributed by atoms with Gasteiger partial charge in [-0.1, -0.05) is 24.3 Å². The summed E-state index contributed by atoms with van der Waals surface area (Å²) in [6.07, 6.45) is 1.89. The number of morpholine rings is 1. The number of sulfonamides is 1. The van der Waals surface area contributed by atoms with Crippen LogP contribution in [0, 0.1) is 0 Å². The number of H-pyrrole nitrogens is 1. The van der Waals surface area contributed by atoms with Crippen LogP contribution in [0.25, 0.3) is 22.2 Å². The minimum Gasteiger partial charge on any atom is -0.379 e. The SMILES string of the molecule is O=C(Nc1nc(-c2c[nH]c3ccccc23)cs1)c1cccc(S(=O)(=O)N2CCOCC2)c1. The van der Waals surface area contributed by atoms with Gasteiger partial charge in [0.1, 0.15) is 0 Å². The van der Waals surface area contributed by atoms with Crippen molar-refractivity contribution in [3.8, 4) is 11.3 Å². The van der Waals surface area contributed by atoms with Gasteiger partial charge in [-0.25, -0.2) is 13.4 Å². The van der Waals surface area contributed by atoms with Gasteiger partial charge in [0.25, 0.3) is 5.91 Å². The third-order valence-electron chi connectivity index (χ3n) is 5.29. The van der Waals surface area contributed by atoms with Crippen molar-refractivity contribution in [1.29, 1.82) is 0 Å². The number of hydrogen-bond donors (Lipinski definition) is 2. The summed E-state index contributed by atoms with van der Waals surface area (Å²) < 4.78 is 32.4. The zero-order chi connectivity index (χ0) is 22.1. The zero-order valence-electron chi connectivity index (χ0n) is 16.9. The fourth-order valence-corrected chi connectivity index (χ4v) is 5.80. The van der Waals surface area contributed by atoms with Crippen molar-refractivity contribution < 1.29 is 17.9 Å². The van der Waals surface area contributed by atoms with Crippen LogP contribution in [0.3, 0.4) is 0 Å². The Morgan fingerprint density at radius 3 is 2.78 bits per heavy atom. The third-order valence-corrected chi connectivity index (χ3v) is 7.95. The van der Waals surface area contributed by atoms with E-state index in [0.29, 0.717) is 31.4 Å². The number of amides is 1. The molecule has 0 atom stereocenters. The molecule has 2 N–H and O–H groups in total. The minimum atomic E-state index is -3.68. The molecular weight excluding hydrogens is 448 g/mol. The van der Waals surface area contributed by atoms with Crippen LogP contribution in [0.4, 0.5) is 5.13 Å². The van der Waals surface area contributed by atoms with E-state index in [0.717, 1.165) is 22.2 Å². The van der Waals surface area contributed by atoms with Crippen LogP contribution in [0.15, 0.2) is 65.0 Å². The molecule has 5 rings (SSSR count). The number of anilines is 1. The summed E-state index contributed by atoms with van der Waals surface area (Å²) >= 11 is 1.31. The molecule has 1 aliphatic heterocycles. The maximum Gasteiger partial charge on any atom is 0.257 e. The van der Waals surface area contributed by atoms with Crippen molar-refractivity contribution in [2.45, 2.75) is 4.90 Å². The lowest BCUT2D eigenvalue weighted by molar-refractivity contribution is 0.0730. The molecule has 4 aromatic rings. The van der Waals surface area contributed by atoms with E-state index in [1.54, 1.807) is 12.1 Å². The molecule has 1 amide bonds. The Balaban J connectivity index is 1.35. The Morgan fingerprint density at radius 2 is 1.94 bits per heavy atom. The molecule has 1 saturated heterocycles. The molecule has 32 heavy (non-hydrogen) atoms. The van der Waals surface area contributed by atoms with Crippen LogP contribution < -0.4 is 5.32 Å². The van der Waals surface area contributed by atoms with Crippen LogP contribution in [-0.2, 0) is 14.8 Å². The third kappa shape index (κ3) is 3.93. The van der Waals surface area contributed by atoms with E-state index in [2.05, 4.69) is 15.3 Å². The highest BCUT2D eigenvalue weighted by molar-refractivity contribution is 7.89. The first-order valence-corrected chi connectivity index (χ1v) is 12.4. The van der Waals surface area contributed by atoms with Gasteiger partial charge in [0.2, 0.25) is 10.0 Å². The van der Waals surface area contributed by atoms with Crippen LogP contribution in [-0.4, -0.2) is 54.9 Å². The topological polar surface area (TPSA) is 104 Å². The molecule has 0 bridgehead atoms. The molecule has 1 fully saturated rings. The number of rotatable bonds is 5. The van der Waals surface area contributed by atoms with Crippen LogP contribution in [0.5, 0.6) is 0 Å². The van der Waals surface area contributed by atoms with Crippen molar-refractivity contribution in [3.05, 3.63) is 65.7 Å². The Hall–Kier alpha value is -3.05. The Morgan fingerprint density at radius 1 is 1.12 bits per heavy atom. The molecule has 0 saturated carbocycles. The monoisotopic (exact) mass is 468 g/mol. The molecule has 8 nitrogen and oxygen atoms in total. The number of carbonyl (C=O) groups excluding carboxylic acids is 1. The zero-order valence-corrected chi connectivity index (χ0v) is 18.6. The van der Waals surface area contributed by atoms with Gasteiger partial charge in [-0.15, -0.1) is 11.3 Å². The smallest absolute Gasteiger partial charge is 0.257 e. The second kappa shape index (κ2) is 8.47. The maximum atomic E-state index is 12.9. The number of nitrogens with one attached hydrogen (secondary N) is 2. The van der Waals surface area contributed by atoms with Gasteiger partial charge in [0.15, 0.2) is 5.13 Å². The molecule has 3 heterocycles. The molecule has 0 spiro atoms. The van der Waals surface area contributed by atoms with Gasteiger partial charge in [0.05, 0.1) is 23.8 Å². The summed E-state index contributed by atoms with van der Waals surface area (Å²) in [6, 6.07) is 14.0. The van der Waals surface area contributed by atoms with Gasteiger partial charge in [-0.2, -0.15) is 4.31 Å². The molecule has 0 aliphatic carbocycles. The number of benzene rings is 2. The number of ether oxygens (including phenoxy) is 1. The number of fused-ring (bicyclic) bond motifs is 1. The predicted molar refractivity (Wildman–Crippen MR) is 123 cm³/mol. The van der Waals surface area contributed by atoms with Crippen LogP contribution in [0.2, 0.25) is 0 Å². The number of carbonyl (C=O) groups is 1. The highest BCUT2D eigenvalue weighted by atomic mass is 32.2. The van der Waals surface area contributed by atoms with Gasteiger partial charge >= 0.3 is 0 Å². The lowest BCUT2D eigenvalue weighted by Crippen LogP contribution is -2.40. The van der Waals surface area contributed by atoms with Crippen LogP contribution in [0.1, 0.15) is 10.4 Å². The first-order chi connectivity index (χ1) is 15.5. The largest absolute Gasteiger partial charge is 0.379 e. The van der Waals surface area contributed by atoms with Crippen molar-refractivity contribution in [1.82, 2.24) is 14.3 Å². The Kier molecular flexibility index (Phi) is 5.51. The van der Waals surface area contributed by atoms with Crippen LogP contribution >= 0.6 is 11.3 Å². The molecule has 0 unspecified atom stereocenters. The quantitative estimate of drug-likeness (QED) is 0.466. The van der Waals surface area contributed by atoms with E-state index in [9.17, 15) is 13.2 Å². The first kappa shape index (κ1) is 20.8. The summed E-state index contributed by atoms with van der Waals surface area (Å²) in [4.78, 5) is 20.6. The second-order valence-corrected chi connectivity index (χ2v) is 10.1. The predicted octanol–water partition coefficient (Wildman–Crippen LogP) is 3.56. The average molecular weight is 469 g/mol. The fraction of sp³-hybridized carbons (Fsp3) is 0.182. The minimum absolute atomic E-state index is 0.0886. The highest BCUT2D eigenvalue weighted by Gasteiger charge is 2.27. The standard InChI is InChI=1S/C22H20N4O4S2/c27-21(15-4-3-5-16(12-15)32(28,29)26-8-10-30-11-9-26)25-22-24-20(14-31-22)18-13-23-19-7-2-1-6-17(18)19/h1-7,12-14,23H,8-11H2,(H,24,25,27). The van der Waals surface area contributed by atoms with Gasteiger partial charge < -0.3 is 9.72 Å². The van der Waals surface area contributed by atoms with Crippen molar-refractivity contribution >= 4 is 43.3 Å². The van der Waals surface area contributed by atoms with Gasteiger partial charge in [-0.3, -0.25) is 10.1 Å². The molecule has 2 aromatic heterocycles. The summed E-state index contributed by atoms with van der Waals surface area (Å²) in [5, 5.41) is 6.15. The molecule has 164 valence electrons. The van der Waals surface area contributed by atoms with E-state index in [1.807, 2.05) is 35.8 Å². The number of aromatic nitrogens is 2. The highest BCUT2D eigenvalue weighted by Crippen LogP contribution is 2.31. The van der Waals surface area contributed by atoms with E-state index in [1.165, 1.54) is 27.8 Å². The number of para-hydroxylation sites is 1. The van der Waals surface area contributed by atoms with E-state index in [-0.39, 0.29) is 10.5 Å². The molecule has 2 aromatic carbocycles. The number of aromatic amines is 1. The number of nitrogens with zero attached hydrogens (tertiary/aromatic N) is 2. The Bertz CT molecular complexity index is 1390. The molecule has 0 radical (unpaired) electrons. The fourth-order valence-electron chi connectivity index (χ4n) is 3.64. The molecular formula is C22H20N4O4S2.